The van der Waals surface area contributed by atoms with Gasteiger partial charge in [-0.1, -0.05) is 78.9 Å². The zero-order valence-corrected chi connectivity index (χ0v) is 27.2. The van der Waals surface area contributed by atoms with Gasteiger partial charge in [0.15, 0.2) is 0 Å². The van der Waals surface area contributed by atoms with Gasteiger partial charge < -0.3 is 19.1 Å². The molecule has 0 bridgehead atoms. The van der Waals surface area contributed by atoms with Crippen LogP contribution >= 0.6 is 0 Å². The molecule has 3 aromatic rings. The van der Waals surface area contributed by atoms with Crippen LogP contribution in [0.5, 0.6) is 0 Å². The fourth-order valence-electron chi connectivity index (χ4n) is 3.60. The average Bonchev–Trinajstić information content (AvgIpc) is 3.28. The van der Waals surface area contributed by atoms with Gasteiger partial charge in [0.05, 0.1) is 0 Å². The van der Waals surface area contributed by atoms with E-state index >= 15 is 0 Å². The van der Waals surface area contributed by atoms with Crippen molar-refractivity contribution in [3.63, 3.8) is 0 Å². The monoisotopic (exact) mass is 666 g/mol. The molecule has 0 unspecified atom stereocenters. The Hall–Kier alpha value is -4.74. The van der Waals surface area contributed by atoms with Crippen LogP contribution in [0.3, 0.4) is 0 Å². The van der Waals surface area contributed by atoms with Crippen LogP contribution in [-0.2, 0) is 40.1 Å². The lowest BCUT2D eigenvalue weighted by Crippen LogP contribution is -2.42. The summed E-state index contributed by atoms with van der Waals surface area (Å²) in [7, 11) is 0. The van der Waals surface area contributed by atoms with E-state index in [4.69, 9.17) is 9.47 Å². The number of esters is 2. The molecule has 4 rings (SSSR count). The minimum Gasteiger partial charge on any atom is -0.465 e. The standard InChI is InChI=1S/C16H14O2.C9H10O2.C4H3F5O.2C3H6O/c1-11(17)18-10-16-14-8-4-2-6-12(14)13-7-3-5-9-15(13)16;1-8(10)11-7-9-5-3-2-4-6-9;1-2(10)3(5,6)4(7,8)9;2*1-3(2)4/h2-9,16H,10H2,1H3;2-6H,7H2,1H3;1H3;2*1-2H3. The number of alkyl halides is 5. The second-order valence-electron chi connectivity index (χ2n) is 10.2. The highest BCUT2D eigenvalue weighted by Gasteiger charge is 2.61. The summed E-state index contributed by atoms with van der Waals surface area (Å²) in [5.74, 6) is -7.36. The van der Waals surface area contributed by atoms with Crippen molar-refractivity contribution in [3.05, 3.63) is 95.6 Å². The average molecular weight is 667 g/mol. The lowest BCUT2D eigenvalue weighted by Gasteiger charge is -2.15. The molecule has 0 amide bonds. The van der Waals surface area contributed by atoms with Crippen LogP contribution < -0.4 is 0 Å². The number of carbonyl (C=O) groups is 5. The SMILES string of the molecule is CC(=O)C(F)(F)C(F)(F)F.CC(=O)OCC1c2ccccc2-c2ccccc21.CC(=O)OCc1ccccc1.CC(C)=O.CC(C)=O. The van der Waals surface area contributed by atoms with Crippen molar-refractivity contribution < 1.29 is 55.4 Å². The summed E-state index contributed by atoms with van der Waals surface area (Å²) in [6, 6.07) is 26.2. The molecule has 0 saturated carbocycles. The van der Waals surface area contributed by atoms with E-state index in [0.29, 0.717) is 13.2 Å². The van der Waals surface area contributed by atoms with E-state index in [1.54, 1.807) is 0 Å². The lowest BCUT2D eigenvalue weighted by atomic mass is 9.98. The number of rotatable bonds is 5. The topological polar surface area (TPSA) is 104 Å². The summed E-state index contributed by atoms with van der Waals surface area (Å²) in [6.07, 6.45) is -5.77. The van der Waals surface area contributed by atoms with Crippen molar-refractivity contribution in [1.82, 2.24) is 0 Å². The molecular formula is C35H39F5O7. The Morgan fingerprint density at radius 1 is 0.574 bits per heavy atom. The van der Waals surface area contributed by atoms with E-state index < -0.39 is 17.9 Å². The van der Waals surface area contributed by atoms with Gasteiger partial charge in [-0.2, -0.15) is 22.0 Å². The molecule has 0 fully saturated rings. The van der Waals surface area contributed by atoms with E-state index in [1.165, 1.54) is 63.8 Å². The molecule has 0 radical (unpaired) electrons. The fourth-order valence-corrected chi connectivity index (χ4v) is 3.60. The molecule has 0 N–H and O–H groups in total. The number of fused-ring (bicyclic) bond motifs is 3. The second-order valence-corrected chi connectivity index (χ2v) is 10.2. The van der Waals surface area contributed by atoms with Crippen molar-refractivity contribution in [2.75, 3.05) is 6.61 Å². The van der Waals surface area contributed by atoms with Gasteiger partial charge in [0.2, 0.25) is 5.78 Å². The van der Waals surface area contributed by atoms with Gasteiger partial charge in [0.25, 0.3) is 0 Å². The summed E-state index contributed by atoms with van der Waals surface area (Å²) in [5.41, 5.74) is 6.03. The molecule has 256 valence electrons. The Labute approximate surface area is 271 Å². The van der Waals surface area contributed by atoms with E-state index in [0.717, 1.165) is 5.56 Å². The molecule has 7 nitrogen and oxygen atoms in total. The minimum atomic E-state index is -5.77. The summed E-state index contributed by atoms with van der Waals surface area (Å²) in [4.78, 5) is 49.9. The number of hydrogen-bond acceptors (Lipinski definition) is 7. The van der Waals surface area contributed by atoms with Gasteiger partial charge in [-0.05, 0) is 55.5 Å². The Morgan fingerprint density at radius 3 is 1.26 bits per heavy atom. The summed E-state index contributed by atoms with van der Waals surface area (Å²) in [5, 5.41) is 0. The van der Waals surface area contributed by atoms with Crippen LogP contribution in [-0.4, -0.2) is 48.0 Å². The van der Waals surface area contributed by atoms with E-state index in [-0.39, 0.29) is 36.3 Å². The van der Waals surface area contributed by atoms with Crippen LogP contribution in [0.2, 0.25) is 0 Å². The number of hydrogen-bond donors (Lipinski definition) is 0. The van der Waals surface area contributed by atoms with Gasteiger partial charge in [-0.3, -0.25) is 14.4 Å². The predicted octanol–water partition coefficient (Wildman–Crippen LogP) is 8.08. The Balaban J connectivity index is 0.000000634. The molecule has 3 aromatic carbocycles. The molecular weight excluding hydrogens is 627 g/mol. The molecule has 1 aliphatic carbocycles. The second kappa shape index (κ2) is 20.4. The zero-order valence-electron chi connectivity index (χ0n) is 27.2. The number of halogens is 5. The van der Waals surface area contributed by atoms with Gasteiger partial charge >= 0.3 is 24.0 Å². The van der Waals surface area contributed by atoms with Crippen LogP contribution in [0.25, 0.3) is 11.1 Å². The van der Waals surface area contributed by atoms with Gasteiger partial charge in [0, 0.05) is 26.7 Å². The fraction of sp³-hybridized carbons (Fsp3) is 0.343. The number of benzene rings is 3. The van der Waals surface area contributed by atoms with Crippen molar-refractivity contribution in [2.24, 2.45) is 0 Å². The highest BCUT2D eigenvalue weighted by molar-refractivity contribution is 5.84. The van der Waals surface area contributed by atoms with Crippen molar-refractivity contribution in [3.8, 4) is 11.1 Å². The first-order valence-electron chi connectivity index (χ1n) is 14.1. The minimum absolute atomic E-state index is 0.167. The normalized spacial score (nSPS) is 11.1. The summed E-state index contributed by atoms with van der Waals surface area (Å²) in [6.45, 7) is 9.95. The molecule has 0 aromatic heterocycles. The maximum absolute atomic E-state index is 11.6. The molecule has 0 heterocycles. The molecule has 0 aliphatic heterocycles. The number of Topliss-reactive ketones (excluding diaryl/α,β-unsaturated/α-hetero) is 3. The summed E-state index contributed by atoms with van der Waals surface area (Å²) < 4.78 is 66.5. The van der Waals surface area contributed by atoms with Crippen LogP contribution in [0.4, 0.5) is 22.0 Å². The molecule has 0 atom stereocenters. The van der Waals surface area contributed by atoms with E-state index in [9.17, 15) is 45.9 Å². The van der Waals surface area contributed by atoms with Gasteiger partial charge in [0.1, 0.15) is 24.8 Å². The number of ketones is 3. The van der Waals surface area contributed by atoms with Crippen molar-refractivity contribution in [2.45, 2.75) is 73.1 Å². The molecule has 12 heteroatoms. The van der Waals surface area contributed by atoms with Gasteiger partial charge in [-0.25, -0.2) is 0 Å². The van der Waals surface area contributed by atoms with Crippen LogP contribution in [0.1, 0.15) is 71.1 Å². The first-order chi connectivity index (χ1) is 21.7. The molecule has 0 saturated heterocycles. The Bertz CT molecular complexity index is 1400. The first kappa shape index (κ1) is 42.3. The highest BCUT2D eigenvalue weighted by atomic mass is 19.4. The zero-order chi connectivity index (χ0) is 36.4. The van der Waals surface area contributed by atoms with E-state index in [1.807, 2.05) is 54.6 Å². The van der Waals surface area contributed by atoms with Crippen molar-refractivity contribution in [1.29, 1.82) is 0 Å². The highest BCUT2D eigenvalue weighted by Crippen LogP contribution is 2.44. The van der Waals surface area contributed by atoms with Crippen LogP contribution in [0, 0.1) is 0 Å². The Kier molecular flexibility index (Phi) is 18.3. The smallest absolute Gasteiger partial charge is 0.461 e. The quantitative estimate of drug-likeness (QED) is 0.200. The van der Waals surface area contributed by atoms with Gasteiger partial charge in [-0.15, -0.1) is 0 Å². The summed E-state index contributed by atoms with van der Waals surface area (Å²) >= 11 is 0. The maximum atomic E-state index is 11.6. The maximum Gasteiger partial charge on any atom is 0.461 e. The first-order valence-corrected chi connectivity index (χ1v) is 14.1. The molecule has 1 aliphatic rings. The lowest BCUT2D eigenvalue weighted by molar-refractivity contribution is -0.267. The Morgan fingerprint density at radius 2 is 0.936 bits per heavy atom. The third-order valence-electron chi connectivity index (χ3n) is 5.50. The van der Waals surface area contributed by atoms with E-state index in [2.05, 4.69) is 24.3 Å². The largest absolute Gasteiger partial charge is 0.465 e. The predicted molar refractivity (Wildman–Crippen MR) is 167 cm³/mol. The molecule has 0 spiro atoms. The van der Waals surface area contributed by atoms with Crippen molar-refractivity contribution >= 4 is 29.3 Å². The number of ether oxygens (including phenoxy) is 2. The number of carbonyl (C=O) groups excluding carboxylic acids is 5. The third kappa shape index (κ3) is 16.4. The van der Waals surface area contributed by atoms with Crippen LogP contribution in [0.15, 0.2) is 78.9 Å². The third-order valence-corrected chi connectivity index (χ3v) is 5.50. The molecule has 47 heavy (non-hydrogen) atoms.